The van der Waals surface area contributed by atoms with Crippen molar-refractivity contribution in [1.29, 1.82) is 5.26 Å². The predicted octanol–water partition coefficient (Wildman–Crippen LogP) is 6.12. The van der Waals surface area contributed by atoms with Crippen LogP contribution in [0.5, 0.6) is 0 Å². The molecule has 0 amide bonds. The van der Waals surface area contributed by atoms with E-state index in [1.54, 1.807) is 23.6 Å². The first kappa shape index (κ1) is 23.1. The van der Waals surface area contributed by atoms with E-state index in [0.717, 1.165) is 36.9 Å². The molecule has 0 N–H and O–H groups in total. The van der Waals surface area contributed by atoms with Crippen LogP contribution >= 0.6 is 27.3 Å². The third-order valence-corrected chi connectivity index (χ3v) is 7.50. The molecule has 0 bridgehead atoms. The van der Waals surface area contributed by atoms with E-state index in [9.17, 15) is 10.1 Å². The highest BCUT2D eigenvalue weighted by Crippen LogP contribution is 2.33. The molecule has 0 atom stereocenters. The molecule has 3 heterocycles. The average Bonchev–Trinajstić information content (AvgIpc) is 3.21. The van der Waals surface area contributed by atoms with E-state index in [0.29, 0.717) is 22.3 Å². The van der Waals surface area contributed by atoms with Crippen molar-refractivity contribution in [3.8, 4) is 11.1 Å². The van der Waals surface area contributed by atoms with Crippen LogP contribution < -0.4 is 5.56 Å². The van der Waals surface area contributed by atoms with Crippen LogP contribution in [0.3, 0.4) is 0 Å². The van der Waals surface area contributed by atoms with Crippen molar-refractivity contribution in [1.82, 2.24) is 14.2 Å². The van der Waals surface area contributed by atoms with Gasteiger partial charge in [0.2, 0.25) is 0 Å². The first-order valence-corrected chi connectivity index (χ1v) is 12.2. The molecule has 0 aliphatic rings. The first-order chi connectivity index (χ1) is 15.6. The third kappa shape index (κ3) is 3.96. The normalized spacial score (nSPS) is 11.7. The number of aryl methyl sites for hydroxylation is 2. The summed E-state index contributed by atoms with van der Waals surface area (Å²) in [6.07, 6.45) is 1.71. The highest BCUT2D eigenvalue weighted by Gasteiger charge is 2.19. The van der Waals surface area contributed by atoms with Crippen molar-refractivity contribution in [2.24, 2.45) is 5.10 Å². The van der Waals surface area contributed by atoms with Crippen LogP contribution in [-0.4, -0.2) is 20.4 Å². The minimum Gasteiger partial charge on any atom is -0.308 e. The Bertz CT molecular complexity index is 1530. The van der Waals surface area contributed by atoms with Gasteiger partial charge in [-0.2, -0.15) is 15.0 Å². The van der Waals surface area contributed by atoms with Crippen LogP contribution in [0.2, 0.25) is 0 Å². The lowest BCUT2D eigenvalue weighted by molar-refractivity contribution is 0.665. The summed E-state index contributed by atoms with van der Waals surface area (Å²) in [5, 5.41) is 15.7. The van der Waals surface area contributed by atoms with E-state index >= 15 is 0 Å². The van der Waals surface area contributed by atoms with Gasteiger partial charge in [0.05, 0.1) is 22.7 Å². The number of rotatable bonds is 4. The molecule has 0 fully saturated rings. The summed E-state index contributed by atoms with van der Waals surface area (Å²) >= 11 is 5.05. The molecule has 0 aliphatic heterocycles. The van der Waals surface area contributed by atoms with Crippen LogP contribution in [0.4, 0.5) is 0 Å². The third-order valence-electron chi connectivity index (χ3n) is 5.81. The Morgan fingerprint density at radius 3 is 2.61 bits per heavy atom. The number of thiophene rings is 1. The Balaban J connectivity index is 1.86. The van der Waals surface area contributed by atoms with Crippen LogP contribution in [-0.2, 0) is 0 Å². The monoisotopic (exact) mass is 521 g/mol. The van der Waals surface area contributed by atoms with Crippen molar-refractivity contribution in [2.45, 2.75) is 47.5 Å². The molecule has 6 nitrogen and oxygen atoms in total. The lowest BCUT2D eigenvalue weighted by Crippen LogP contribution is -2.23. The first-order valence-electron chi connectivity index (χ1n) is 10.6. The maximum Gasteiger partial charge on any atom is 0.282 e. The van der Waals surface area contributed by atoms with Gasteiger partial charge >= 0.3 is 0 Å². The SMILES string of the molecule is Cc1sc(-n2c(C)cc(C=Nn3c(C(C)C)nc4ccc(Br)cc4c3=O)c2C)c(C#N)c1C. The fourth-order valence-corrected chi connectivity index (χ4v) is 5.48. The highest BCUT2D eigenvalue weighted by atomic mass is 79.9. The topological polar surface area (TPSA) is 76.0 Å². The maximum atomic E-state index is 13.3. The van der Waals surface area contributed by atoms with Gasteiger partial charge in [0.1, 0.15) is 16.9 Å². The summed E-state index contributed by atoms with van der Waals surface area (Å²) in [6, 6.07) is 9.87. The smallest absolute Gasteiger partial charge is 0.282 e. The molecule has 0 radical (unpaired) electrons. The van der Waals surface area contributed by atoms with Gasteiger partial charge < -0.3 is 4.57 Å². The molecular formula is C25H24BrN5OS. The van der Waals surface area contributed by atoms with Gasteiger partial charge in [-0.15, -0.1) is 11.3 Å². The standard InChI is InChI=1S/C25H24BrN5OS/c1-13(2)23-29-22-8-7-19(26)10-20(22)24(32)31(23)28-12-18-9-14(3)30(16(18)5)25-21(11-27)15(4)17(6)33-25/h7-10,12-13H,1-6H3. The molecule has 4 aromatic rings. The number of hydrogen-bond donors (Lipinski definition) is 0. The van der Waals surface area contributed by atoms with E-state index in [1.165, 1.54) is 4.68 Å². The Morgan fingerprint density at radius 1 is 1.21 bits per heavy atom. The van der Waals surface area contributed by atoms with E-state index in [4.69, 9.17) is 4.98 Å². The van der Waals surface area contributed by atoms with Gasteiger partial charge in [0, 0.05) is 32.2 Å². The van der Waals surface area contributed by atoms with Gasteiger partial charge in [-0.25, -0.2) is 4.98 Å². The Hall–Kier alpha value is -3.02. The second-order valence-electron chi connectivity index (χ2n) is 8.38. The van der Waals surface area contributed by atoms with Crippen LogP contribution in [0.25, 0.3) is 15.9 Å². The molecule has 8 heteroatoms. The molecule has 4 rings (SSSR count). The largest absolute Gasteiger partial charge is 0.308 e. The number of benzene rings is 1. The fourth-order valence-electron chi connectivity index (χ4n) is 3.90. The van der Waals surface area contributed by atoms with Gasteiger partial charge in [0.15, 0.2) is 0 Å². The zero-order chi connectivity index (χ0) is 24.0. The number of aromatic nitrogens is 3. The zero-order valence-corrected chi connectivity index (χ0v) is 21.8. The van der Waals surface area contributed by atoms with Crippen molar-refractivity contribution in [3.05, 3.63) is 77.9 Å². The average molecular weight is 522 g/mol. The Kier molecular flexibility index (Phi) is 6.12. The number of fused-ring (bicyclic) bond motifs is 1. The lowest BCUT2D eigenvalue weighted by atomic mass is 10.2. The molecule has 3 aromatic heterocycles. The molecule has 1 aromatic carbocycles. The number of hydrogen-bond acceptors (Lipinski definition) is 5. The van der Waals surface area contributed by atoms with E-state index in [-0.39, 0.29) is 11.5 Å². The van der Waals surface area contributed by atoms with E-state index in [2.05, 4.69) is 31.7 Å². The predicted molar refractivity (Wildman–Crippen MR) is 138 cm³/mol. The van der Waals surface area contributed by atoms with Crippen LogP contribution in [0.15, 0.2) is 38.6 Å². The summed E-state index contributed by atoms with van der Waals surface area (Å²) in [7, 11) is 0. The molecule has 0 spiro atoms. The summed E-state index contributed by atoms with van der Waals surface area (Å²) in [6.45, 7) is 12.0. The maximum absolute atomic E-state index is 13.3. The molecule has 33 heavy (non-hydrogen) atoms. The van der Waals surface area contributed by atoms with Gasteiger partial charge in [-0.05, 0) is 57.5 Å². The van der Waals surface area contributed by atoms with Crippen molar-refractivity contribution in [3.63, 3.8) is 0 Å². The van der Waals surface area contributed by atoms with Crippen LogP contribution in [0.1, 0.15) is 58.5 Å². The summed E-state index contributed by atoms with van der Waals surface area (Å²) < 4.78 is 4.30. The summed E-state index contributed by atoms with van der Waals surface area (Å²) in [5.41, 5.74) is 5.02. The van der Waals surface area contributed by atoms with Crippen molar-refractivity contribution in [2.75, 3.05) is 0 Å². The lowest BCUT2D eigenvalue weighted by Gasteiger charge is -2.12. The molecule has 168 valence electrons. The van der Waals surface area contributed by atoms with Crippen molar-refractivity contribution >= 4 is 44.4 Å². The second kappa shape index (κ2) is 8.73. The highest BCUT2D eigenvalue weighted by molar-refractivity contribution is 9.10. The van der Waals surface area contributed by atoms with Gasteiger partial charge in [-0.3, -0.25) is 4.79 Å². The molecule has 0 saturated carbocycles. The molecule has 0 saturated heterocycles. The quantitative estimate of drug-likeness (QED) is 0.303. The van der Waals surface area contributed by atoms with Gasteiger partial charge in [-0.1, -0.05) is 29.8 Å². The number of nitriles is 1. The van der Waals surface area contributed by atoms with Gasteiger partial charge in [0.25, 0.3) is 5.56 Å². The minimum absolute atomic E-state index is 0.0191. The number of halogens is 1. The van der Waals surface area contributed by atoms with E-state index in [1.807, 2.05) is 59.7 Å². The summed E-state index contributed by atoms with van der Waals surface area (Å²) in [4.78, 5) is 19.1. The van der Waals surface area contributed by atoms with E-state index < -0.39 is 0 Å². The van der Waals surface area contributed by atoms with Crippen LogP contribution in [0, 0.1) is 39.0 Å². The Morgan fingerprint density at radius 2 is 1.94 bits per heavy atom. The molecular weight excluding hydrogens is 498 g/mol. The Labute approximate surface area is 205 Å². The minimum atomic E-state index is -0.202. The van der Waals surface area contributed by atoms with Crippen molar-refractivity contribution < 1.29 is 0 Å². The second-order valence-corrected chi connectivity index (χ2v) is 10.5. The summed E-state index contributed by atoms with van der Waals surface area (Å²) in [5.74, 6) is 0.627. The molecule has 0 unspecified atom stereocenters. The zero-order valence-electron chi connectivity index (χ0n) is 19.4. The number of nitrogens with zero attached hydrogens (tertiary/aromatic N) is 5. The molecule has 0 aliphatic carbocycles. The fraction of sp³-hybridized carbons (Fsp3) is 0.280.